The van der Waals surface area contributed by atoms with E-state index in [1.165, 1.54) is 5.56 Å². The topological polar surface area (TPSA) is 61.4 Å². The molecule has 3 aromatic carbocycles. The molecule has 1 aliphatic heterocycles. The summed E-state index contributed by atoms with van der Waals surface area (Å²) < 4.78 is 0. The van der Waals surface area contributed by atoms with Crippen LogP contribution < -0.4 is 10.2 Å². The van der Waals surface area contributed by atoms with E-state index in [1.807, 2.05) is 48.2 Å². The molecule has 1 N–H and O–H groups in total. The molecule has 0 unspecified atom stereocenters. The molecule has 0 spiro atoms. The van der Waals surface area contributed by atoms with Crippen molar-refractivity contribution < 1.29 is 4.79 Å². The fourth-order valence-corrected chi connectivity index (χ4v) is 4.85. The third kappa shape index (κ3) is 5.11. The molecule has 6 heteroatoms. The van der Waals surface area contributed by atoms with E-state index in [-0.39, 0.29) is 6.03 Å². The maximum Gasteiger partial charge on any atom is 0.321 e. The molecule has 178 valence electrons. The molecule has 5 rings (SSSR count). The number of aromatic nitrogens is 2. The number of benzene rings is 3. The molecule has 0 aliphatic carbocycles. The van der Waals surface area contributed by atoms with Crippen LogP contribution >= 0.6 is 0 Å². The lowest BCUT2D eigenvalue weighted by Gasteiger charge is -2.26. The highest BCUT2D eigenvalue weighted by molar-refractivity contribution is 6.01. The zero-order valence-corrected chi connectivity index (χ0v) is 20.4. The summed E-state index contributed by atoms with van der Waals surface area (Å²) in [5.74, 6) is 1.78. The lowest BCUT2D eigenvalue weighted by Crippen LogP contribution is -2.38. The Hall–Kier alpha value is -3.93. The van der Waals surface area contributed by atoms with Gasteiger partial charge in [0, 0.05) is 49.2 Å². The second-order valence-corrected chi connectivity index (χ2v) is 9.11. The van der Waals surface area contributed by atoms with E-state index in [2.05, 4.69) is 58.5 Å². The number of anilines is 2. The fraction of sp³-hybridized carbons (Fsp3) is 0.276. The van der Waals surface area contributed by atoms with Gasteiger partial charge >= 0.3 is 6.03 Å². The summed E-state index contributed by atoms with van der Waals surface area (Å²) in [6, 6.07) is 24.5. The minimum absolute atomic E-state index is 0.0530. The number of hydrogen-bond acceptors (Lipinski definition) is 4. The number of nitrogens with zero attached hydrogens (tertiary/aromatic N) is 4. The van der Waals surface area contributed by atoms with Crippen LogP contribution in [-0.2, 0) is 6.42 Å². The summed E-state index contributed by atoms with van der Waals surface area (Å²) in [5.41, 5.74) is 4.28. The van der Waals surface area contributed by atoms with E-state index in [1.54, 1.807) is 0 Å². The number of nitrogens with one attached hydrogen (secondary N) is 1. The van der Waals surface area contributed by atoms with Crippen molar-refractivity contribution in [2.75, 3.05) is 36.4 Å². The van der Waals surface area contributed by atoms with Gasteiger partial charge in [-0.1, -0.05) is 66.7 Å². The first kappa shape index (κ1) is 22.8. The predicted molar refractivity (Wildman–Crippen MR) is 142 cm³/mol. The Labute approximate surface area is 206 Å². The summed E-state index contributed by atoms with van der Waals surface area (Å²) in [4.78, 5) is 26.9. The first-order valence-electron chi connectivity index (χ1n) is 12.2. The highest BCUT2D eigenvalue weighted by Gasteiger charge is 2.23. The predicted octanol–water partition coefficient (Wildman–Crippen LogP) is 5.58. The van der Waals surface area contributed by atoms with Gasteiger partial charge in [-0.05, 0) is 37.3 Å². The van der Waals surface area contributed by atoms with Gasteiger partial charge in [0.25, 0.3) is 0 Å². The van der Waals surface area contributed by atoms with Gasteiger partial charge in [-0.2, -0.15) is 0 Å². The Kier molecular flexibility index (Phi) is 6.62. The summed E-state index contributed by atoms with van der Waals surface area (Å²) >= 11 is 0. The number of aryl methyl sites for hydroxylation is 2. The van der Waals surface area contributed by atoms with Crippen LogP contribution in [0.5, 0.6) is 0 Å². The SMILES string of the molecule is Cc1nc(C)c(Cc2ccccc2)c(N2CCCN(C(=O)Nc3cccc4ccccc34)CC2)n1. The Balaban J connectivity index is 1.33. The molecule has 4 aromatic rings. The van der Waals surface area contributed by atoms with Crippen molar-refractivity contribution in [1.29, 1.82) is 0 Å². The van der Waals surface area contributed by atoms with Gasteiger partial charge < -0.3 is 15.1 Å². The van der Waals surface area contributed by atoms with E-state index in [0.29, 0.717) is 13.1 Å². The van der Waals surface area contributed by atoms with Crippen LogP contribution in [0.2, 0.25) is 0 Å². The standard InChI is InChI=1S/C29H31N5O/c1-21-26(20-23-10-4-3-5-11-23)28(31-22(2)30-21)33-16-9-17-34(19-18-33)29(35)32-27-15-8-13-24-12-6-7-14-25(24)27/h3-8,10-15H,9,16-20H2,1-2H3,(H,32,35). The fourth-order valence-electron chi connectivity index (χ4n) is 4.85. The molecule has 0 radical (unpaired) electrons. The minimum atomic E-state index is -0.0530. The zero-order valence-electron chi connectivity index (χ0n) is 20.4. The number of carbonyl (C=O) groups is 1. The van der Waals surface area contributed by atoms with E-state index in [9.17, 15) is 4.79 Å². The molecule has 0 bridgehead atoms. The Morgan fingerprint density at radius 3 is 2.49 bits per heavy atom. The van der Waals surface area contributed by atoms with Crippen molar-refractivity contribution >= 4 is 28.3 Å². The second-order valence-electron chi connectivity index (χ2n) is 9.11. The first-order chi connectivity index (χ1) is 17.1. The summed E-state index contributed by atoms with van der Waals surface area (Å²) in [7, 11) is 0. The third-order valence-corrected chi connectivity index (χ3v) is 6.64. The van der Waals surface area contributed by atoms with E-state index >= 15 is 0 Å². The van der Waals surface area contributed by atoms with Gasteiger partial charge in [-0.3, -0.25) is 0 Å². The Morgan fingerprint density at radius 2 is 1.63 bits per heavy atom. The van der Waals surface area contributed by atoms with Gasteiger partial charge in [-0.15, -0.1) is 0 Å². The van der Waals surface area contributed by atoms with Crippen LogP contribution in [0, 0.1) is 13.8 Å². The minimum Gasteiger partial charge on any atom is -0.354 e. The number of fused-ring (bicyclic) bond motifs is 1. The van der Waals surface area contributed by atoms with Crippen molar-refractivity contribution in [2.24, 2.45) is 0 Å². The molecule has 35 heavy (non-hydrogen) atoms. The van der Waals surface area contributed by atoms with Crippen molar-refractivity contribution in [1.82, 2.24) is 14.9 Å². The molecule has 1 saturated heterocycles. The van der Waals surface area contributed by atoms with Crippen molar-refractivity contribution in [3.8, 4) is 0 Å². The lowest BCUT2D eigenvalue weighted by atomic mass is 10.0. The summed E-state index contributed by atoms with van der Waals surface area (Å²) in [6.45, 7) is 6.97. The summed E-state index contributed by atoms with van der Waals surface area (Å²) in [5, 5.41) is 5.31. The molecule has 0 saturated carbocycles. The molecule has 2 amide bonds. The van der Waals surface area contributed by atoms with Crippen LogP contribution in [0.15, 0.2) is 72.8 Å². The molecule has 0 atom stereocenters. The smallest absolute Gasteiger partial charge is 0.321 e. The lowest BCUT2D eigenvalue weighted by molar-refractivity contribution is 0.215. The largest absolute Gasteiger partial charge is 0.354 e. The van der Waals surface area contributed by atoms with E-state index in [0.717, 1.165) is 65.3 Å². The van der Waals surface area contributed by atoms with Gasteiger partial charge in [0.1, 0.15) is 11.6 Å². The maximum absolute atomic E-state index is 13.2. The van der Waals surface area contributed by atoms with Crippen LogP contribution in [0.25, 0.3) is 10.8 Å². The van der Waals surface area contributed by atoms with Crippen molar-refractivity contribution in [3.63, 3.8) is 0 Å². The van der Waals surface area contributed by atoms with Gasteiger partial charge in [0.15, 0.2) is 0 Å². The number of amides is 2. The summed E-state index contributed by atoms with van der Waals surface area (Å²) in [6.07, 6.45) is 1.68. The second kappa shape index (κ2) is 10.1. The Morgan fingerprint density at radius 1 is 0.857 bits per heavy atom. The number of carbonyl (C=O) groups excluding carboxylic acids is 1. The molecular weight excluding hydrogens is 434 g/mol. The molecule has 1 aromatic heterocycles. The quantitative estimate of drug-likeness (QED) is 0.427. The van der Waals surface area contributed by atoms with Gasteiger partial charge in [-0.25, -0.2) is 14.8 Å². The van der Waals surface area contributed by atoms with Gasteiger partial charge in [0.05, 0.1) is 5.69 Å². The number of urea groups is 1. The average molecular weight is 466 g/mol. The monoisotopic (exact) mass is 465 g/mol. The maximum atomic E-state index is 13.2. The van der Waals surface area contributed by atoms with Crippen molar-refractivity contribution in [3.05, 3.63) is 95.4 Å². The highest BCUT2D eigenvalue weighted by atomic mass is 16.2. The molecular formula is C29H31N5O. The van der Waals surface area contributed by atoms with Crippen molar-refractivity contribution in [2.45, 2.75) is 26.7 Å². The number of rotatable bonds is 4. The van der Waals surface area contributed by atoms with Crippen LogP contribution in [0.4, 0.5) is 16.3 Å². The first-order valence-corrected chi connectivity index (χ1v) is 12.2. The van der Waals surface area contributed by atoms with Gasteiger partial charge in [0.2, 0.25) is 0 Å². The van der Waals surface area contributed by atoms with E-state index in [4.69, 9.17) is 4.98 Å². The van der Waals surface area contributed by atoms with Crippen LogP contribution in [-0.4, -0.2) is 47.1 Å². The zero-order chi connectivity index (χ0) is 24.2. The molecule has 1 fully saturated rings. The highest BCUT2D eigenvalue weighted by Crippen LogP contribution is 2.26. The molecule has 1 aliphatic rings. The van der Waals surface area contributed by atoms with Crippen LogP contribution in [0.1, 0.15) is 29.1 Å². The van der Waals surface area contributed by atoms with Crippen LogP contribution in [0.3, 0.4) is 0 Å². The normalized spacial score (nSPS) is 14.1. The third-order valence-electron chi connectivity index (χ3n) is 6.64. The van der Waals surface area contributed by atoms with E-state index < -0.39 is 0 Å². The molecule has 2 heterocycles. The molecule has 6 nitrogen and oxygen atoms in total. The number of hydrogen-bond donors (Lipinski definition) is 1. The average Bonchev–Trinajstić information content (AvgIpc) is 3.13. The Bertz CT molecular complexity index is 1330.